The second kappa shape index (κ2) is 14.1. The molecule has 0 rings (SSSR count). The molecule has 0 fully saturated rings. The van der Waals surface area contributed by atoms with E-state index in [1.54, 1.807) is 6.92 Å². The predicted octanol–water partition coefficient (Wildman–Crippen LogP) is 2.58. The first-order valence-corrected chi connectivity index (χ1v) is 5.06. The summed E-state index contributed by atoms with van der Waals surface area (Å²) >= 11 is 0. The Morgan fingerprint density at radius 1 is 1.23 bits per heavy atom. The zero-order valence-corrected chi connectivity index (χ0v) is 9.30. The maximum atomic E-state index is 10.3. The van der Waals surface area contributed by atoms with Crippen molar-refractivity contribution in [3.05, 3.63) is 0 Å². The minimum atomic E-state index is -0.499. The number of hydrogen-bond donors (Lipinski definition) is 0. The molecule has 4 nitrogen and oxygen atoms in total. The van der Waals surface area contributed by atoms with Crippen molar-refractivity contribution < 1.29 is 18.6 Å². The van der Waals surface area contributed by atoms with Gasteiger partial charge in [0, 0.05) is 0 Å². The summed E-state index contributed by atoms with van der Waals surface area (Å²) in [6.07, 6.45) is 2.64. The first-order chi connectivity index (χ1) is 6.22. The number of carbonyl (C=O) groups excluding carboxylic acids is 1. The van der Waals surface area contributed by atoms with Crippen molar-refractivity contribution in [3.63, 3.8) is 0 Å². The average Bonchev–Trinajstić information content (AvgIpc) is 2.16. The molecule has 5 heteroatoms. The highest BCUT2D eigenvalue weighted by Gasteiger charge is 1.98. The summed E-state index contributed by atoms with van der Waals surface area (Å²) in [5.74, 6) is -0.499. The Kier molecular flexibility index (Phi) is 16.3. The zero-order chi connectivity index (χ0) is 10.5. The second-order valence-corrected chi connectivity index (χ2v) is 2.56. The van der Waals surface area contributed by atoms with Crippen LogP contribution in [0.4, 0.5) is 0 Å². The molecule has 0 bridgehead atoms. The van der Waals surface area contributed by atoms with Crippen LogP contribution in [-0.4, -0.2) is 19.2 Å². The normalized spacial score (nSPS) is 8.85. The molecule has 13 heavy (non-hydrogen) atoms. The van der Waals surface area contributed by atoms with E-state index in [4.69, 9.17) is 0 Å². The Bertz CT molecular complexity index is 125. The molecule has 0 saturated heterocycles. The van der Waals surface area contributed by atoms with Crippen LogP contribution in [0, 0.1) is 0 Å². The van der Waals surface area contributed by atoms with Gasteiger partial charge in [0.25, 0.3) is 0 Å². The summed E-state index contributed by atoms with van der Waals surface area (Å²) in [5, 5.41) is 0. The van der Waals surface area contributed by atoms with Crippen molar-refractivity contribution in [3.8, 4) is 0 Å². The van der Waals surface area contributed by atoms with Gasteiger partial charge in [0.05, 0.1) is 6.61 Å². The third-order valence-electron chi connectivity index (χ3n) is 1.04. The minimum absolute atomic E-state index is 0.251. The molecule has 0 amide bonds. The molecule has 0 aromatic carbocycles. The Morgan fingerprint density at radius 2 is 1.77 bits per heavy atom. The van der Waals surface area contributed by atoms with Gasteiger partial charge in [0.2, 0.25) is 0 Å². The Balaban J connectivity index is 0. The number of esters is 1. The van der Waals surface area contributed by atoms with Crippen molar-refractivity contribution in [2.45, 2.75) is 33.6 Å². The highest BCUT2D eigenvalue weighted by Crippen LogP contribution is 1.93. The molecule has 0 spiro atoms. The van der Waals surface area contributed by atoms with E-state index in [0.717, 1.165) is 0 Å². The maximum Gasteiger partial charge on any atom is 0.333 e. The van der Waals surface area contributed by atoms with Crippen molar-refractivity contribution in [1.82, 2.24) is 0 Å². The van der Waals surface area contributed by atoms with Crippen LogP contribution >= 0.6 is 8.69 Å². The molecular weight excluding hydrogens is 191 g/mol. The fourth-order valence-corrected chi connectivity index (χ4v) is 0.440. The largest absolute Gasteiger partial charge is 0.464 e. The van der Waals surface area contributed by atoms with E-state index in [1.165, 1.54) is 12.8 Å². The Labute approximate surface area is 80.9 Å². The molecule has 0 aliphatic carbocycles. The fraction of sp³-hybridized carbons (Fsp3) is 0.875. The van der Waals surface area contributed by atoms with Gasteiger partial charge >= 0.3 is 14.7 Å². The topological polar surface area (TPSA) is 52.6 Å². The van der Waals surface area contributed by atoms with Crippen LogP contribution < -0.4 is 0 Å². The highest BCUT2D eigenvalue weighted by atomic mass is 31.1. The SMILES string of the molecule is CCCC.CCOC(=O)COP=O. The lowest BCUT2D eigenvalue weighted by Crippen LogP contribution is -2.08. The number of carbonyl (C=O) groups is 1. The first kappa shape index (κ1) is 15.0. The smallest absolute Gasteiger partial charge is 0.333 e. The van der Waals surface area contributed by atoms with Gasteiger partial charge in [0.15, 0.2) is 6.61 Å². The van der Waals surface area contributed by atoms with Gasteiger partial charge in [-0.3, -0.25) is 4.52 Å². The van der Waals surface area contributed by atoms with Crippen molar-refractivity contribution >= 4 is 14.7 Å². The van der Waals surface area contributed by atoms with Gasteiger partial charge in [0.1, 0.15) is 0 Å². The standard InChI is InChI=1S/C4H7O4P.C4H10/c1-2-7-4(5)3-8-9-6;1-3-4-2/h2-3H2,1H3;3-4H2,1-2H3. The van der Waals surface area contributed by atoms with Gasteiger partial charge in [-0.15, -0.1) is 0 Å². The molecule has 0 unspecified atom stereocenters. The van der Waals surface area contributed by atoms with Crippen LogP contribution in [0.3, 0.4) is 0 Å². The van der Waals surface area contributed by atoms with Crippen LogP contribution in [0.15, 0.2) is 0 Å². The monoisotopic (exact) mass is 208 g/mol. The van der Waals surface area contributed by atoms with Crippen LogP contribution in [0.1, 0.15) is 33.6 Å². The summed E-state index contributed by atoms with van der Waals surface area (Å²) in [6.45, 7) is 6.11. The summed E-state index contributed by atoms with van der Waals surface area (Å²) in [6, 6.07) is 0. The van der Waals surface area contributed by atoms with Crippen molar-refractivity contribution in [2.75, 3.05) is 13.2 Å². The lowest BCUT2D eigenvalue weighted by molar-refractivity contribution is -0.145. The van der Waals surface area contributed by atoms with Gasteiger partial charge in [-0.1, -0.05) is 26.7 Å². The van der Waals surface area contributed by atoms with Gasteiger partial charge in [-0.25, -0.2) is 9.36 Å². The third kappa shape index (κ3) is 18.5. The van der Waals surface area contributed by atoms with Gasteiger partial charge in [-0.2, -0.15) is 0 Å². The molecule has 0 aromatic heterocycles. The average molecular weight is 208 g/mol. The van der Waals surface area contributed by atoms with E-state index in [-0.39, 0.29) is 6.61 Å². The van der Waals surface area contributed by atoms with Gasteiger partial charge in [-0.05, 0) is 6.92 Å². The summed E-state index contributed by atoms with van der Waals surface area (Å²) in [4.78, 5) is 10.3. The quantitative estimate of drug-likeness (QED) is 0.514. The molecule has 0 aliphatic heterocycles. The van der Waals surface area contributed by atoms with Crippen LogP contribution in [0.25, 0.3) is 0 Å². The molecule has 0 N–H and O–H groups in total. The first-order valence-electron chi connectivity index (χ1n) is 4.33. The molecule has 0 saturated carbocycles. The van der Waals surface area contributed by atoms with E-state index in [9.17, 15) is 9.36 Å². The lowest BCUT2D eigenvalue weighted by atomic mass is 10.4. The lowest BCUT2D eigenvalue weighted by Gasteiger charge is -1.95. The van der Waals surface area contributed by atoms with Crippen LogP contribution in [-0.2, 0) is 18.6 Å². The number of unbranched alkanes of at least 4 members (excludes halogenated alkanes) is 1. The molecule has 0 aromatic rings. The van der Waals surface area contributed by atoms with Crippen molar-refractivity contribution in [1.29, 1.82) is 0 Å². The number of hydrogen-bond acceptors (Lipinski definition) is 4. The molecule has 0 radical (unpaired) electrons. The zero-order valence-electron chi connectivity index (χ0n) is 8.41. The molecule has 0 atom stereocenters. The molecular formula is C8H17O4P. The van der Waals surface area contributed by atoms with Crippen LogP contribution in [0.5, 0.6) is 0 Å². The molecule has 78 valence electrons. The summed E-state index contributed by atoms with van der Waals surface area (Å²) < 4.78 is 18.2. The number of rotatable bonds is 5. The Hall–Kier alpha value is -0.470. The van der Waals surface area contributed by atoms with E-state index in [2.05, 4.69) is 23.1 Å². The summed E-state index contributed by atoms with van der Waals surface area (Å²) in [5.41, 5.74) is 0. The van der Waals surface area contributed by atoms with E-state index >= 15 is 0 Å². The van der Waals surface area contributed by atoms with E-state index in [0.29, 0.717) is 6.61 Å². The number of ether oxygens (including phenoxy) is 1. The Morgan fingerprint density at radius 3 is 2.08 bits per heavy atom. The summed E-state index contributed by atoms with van der Waals surface area (Å²) in [7, 11) is -0.495. The minimum Gasteiger partial charge on any atom is -0.464 e. The maximum absolute atomic E-state index is 10.3. The molecule has 0 heterocycles. The predicted molar refractivity (Wildman–Crippen MR) is 50.8 cm³/mol. The van der Waals surface area contributed by atoms with Crippen LogP contribution in [0.2, 0.25) is 0 Å². The highest BCUT2D eigenvalue weighted by molar-refractivity contribution is 7.17. The van der Waals surface area contributed by atoms with Crippen molar-refractivity contribution in [2.24, 2.45) is 0 Å². The second-order valence-electron chi connectivity index (χ2n) is 2.15. The van der Waals surface area contributed by atoms with Gasteiger partial charge < -0.3 is 4.74 Å². The van der Waals surface area contributed by atoms with E-state index in [1.807, 2.05) is 0 Å². The van der Waals surface area contributed by atoms with E-state index < -0.39 is 14.7 Å². The fourth-order valence-electron chi connectivity index (χ4n) is 0.282. The third-order valence-corrected chi connectivity index (χ3v) is 1.27. The molecule has 0 aliphatic rings.